The van der Waals surface area contributed by atoms with E-state index in [1.807, 2.05) is 0 Å². The molecule has 3 aromatic rings. The van der Waals surface area contributed by atoms with E-state index in [1.165, 1.54) is 19.2 Å². The van der Waals surface area contributed by atoms with Crippen LogP contribution in [0.15, 0.2) is 58.2 Å². The number of hydrogen-bond acceptors (Lipinski definition) is 6. The lowest BCUT2D eigenvalue weighted by atomic mass is 10.2. The molecule has 0 saturated heterocycles. The van der Waals surface area contributed by atoms with Crippen molar-refractivity contribution in [1.82, 2.24) is 10.2 Å². The molecule has 2 aromatic carbocycles. The summed E-state index contributed by atoms with van der Waals surface area (Å²) in [6, 6.07) is 11.5. The summed E-state index contributed by atoms with van der Waals surface area (Å²) >= 11 is 0.971. The third-order valence-electron chi connectivity index (χ3n) is 3.54. The second-order valence-electron chi connectivity index (χ2n) is 5.49. The number of ether oxygens (including phenoxy) is 1. The fourth-order valence-electron chi connectivity index (χ4n) is 2.30. The number of thioether (sulfide) groups is 1. The first-order valence-corrected chi connectivity index (χ1v) is 8.92. The van der Waals surface area contributed by atoms with Crippen LogP contribution in [0.1, 0.15) is 5.56 Å². The van der Waals surface area contributed by atoms with Gasteiger partial charge in [-0.2, -0.15) is 13.2 Å². The summed E-state index contributed by atoms with van der Waals surface area (Å²) in [4.78, 5) is 12.0. The van der Waals surface area contributed by atoms with Crippen LogP contribution in [0.25, 0.3) is 11.5 Å². The van der Waals surface area contributed by atoms with Crippen molar-refractivity contribution in [2.75, 3.05) is 18.2 Å². The molecule has 0 radical (unpaired) electrons. The smallest absolute Gasteiger partial charge is 0.416 e. The molecular formula is C18H14F3N3O3S. The molecule has 0 aliphatic rings. The van der Waals surface area contributed by atoms with Gasteiger partial charge >= 0.3 is 6.18 Å². The highest BCUT2D eigenvalue weighted by Gasteiger charge is 2.30. The van der Waals surface area contributed by atoms with Crippen LogP contribution >= 0.6 is 11.8 Å². The summed E-state index contributed by atoms with van der Waals surface area (Å²) in [5.41, 5.74) is -0.172. The van der Waals surface area contributed by atoms with Gasteiger partial charge in [-0.1, -0.05) is 30.0 Å². The summed E-state index contributed by atoms with van der Waals surface area (Å²) in [5, 5.41) is 10.3. The van der Waals surface area contributed by atoms with Gasteiger partial charge in [-0.25, -0.2) is 0 Å². The molecule has 0 aliphatic carbocycles. The van der Waals surface area contributed by atoms with Crippen LogP contribution in [0.2, 0.25) is 0 Å². The largest absolute Gasteiger partial charge is 0.496 e. The first-order valence-electron chi connectivity index (χ1n) is 7.93. The Morgan fingerprint density at radius 2 is 1.96 bits per heavy atom. The summed E-state index contributed by atoms with van der Waals surface area (Å²) < 4.78 is 48.9. The van der Waals surface area contributed by atoms with Crippen molar-refractivity contribution in [2.24, 2.45) is 0 Å². The van der Waals surface area contributed by atoms with Crippen LogP contribution in [-0.2, 0) is 11.0 Å². The fourth-order valence-corrected chi connectivity index (χ4v) is 2.86. The third kappa shape index (κ3) is 4.83. The van der Waals surface area contributed by atoms with Gasteiger partial charge in [0, 0.05) is 5.69 Å². The summed E-state index contributed by atoms with van der Waals surface area (Å²) in [7, 11) is 1.52. The highest BCUT2D eigenvalue weighted by atomic mass is 32.2. The number of amides is 1. The van der Waals surface area contributed by atoms with Gasteiger partial charge in [0.05, 0.1) is 24.0 Å². The first-order chi connectivity index (χ1) is 13.4. The molecule has 1 aromatic heterocycles. The van der Waals surface area contributed by atoms with E-state index in [1.54, 1.807) is 24.3 Å². The van der Waals surface area contributed by atoms with Gasteiger partial charge in [-0.15, -0.1) is 10.2 Å². The van der Waals surface area contributed by atoms with Gasteiger partial charge in [0.2, 0.25) is 5.91 Å². The van der Waals surface area contributed by atoms with Gasteiger partial charge in [0.1, 0.15) is 5.75 Å². The number of anilines is 1. The van der Waals surface area contributed by atoms with Crippen molar-refractivity contribution in [1.29, 1.82) is 0 Å². The minimum Gasteiger partial charge on any atom is -0.496 e. The lowest BCUT2D eigenvalue weighted by Gasteiger charge is -2.09. The molecule has 0 atom stereocenters. The Kier molecular flexibility index (Phi) is 5.88. The summed E-state index contributed by atoms with van der Waals surface area (Å²) in [5.74, 6) is 0.189. The van der Waals surface area contributed by atoms with Gasteiger partial charge < -0.3 is 14.5 Å². The summed E-state index contributed by atoms with van der Waals surface area (Å²) in [6.45, 7) is 0. The molecule has 28 heavy (non-hydrogen) atoms. The Hall–Kier alpha value is -3.01. The molecule has 0 saturated carbocycles. The van der Waals surface area contributed by atoms with Gasteiger partial charge in [-0.3, -0.25) is 4.79 Å². The maximum absolute atomic E-state index is 12.7. The Bertz CT molecular complexity index is 976. The first kappa shape index (κ1) is 19.7. The predicted octanol–water partition coefficient (Wildman–Crippen LogP) is 4.49. The molecule has 0 bridgehead atoms. The number of hydrogen-bond donors (Lipinski definition) is 1. The van der Waals surface area contributed by atoms with Crippen molar-refractivity contribution in [3.8, 4) is 17.2 Å². The van der Waals surface area contributed by atoms with Crippen molar-refractivity contribution in [3.05, 3.63) is 54.1 Å². The van der Waals surface area contributed by atoms with E-state index in [-0.39, 0.29) is 22.6 Å². The number of para-hydroxylation sites is 1. The van der Waals surface area contributed by atoms with Crippen LogP contribution < -0.4 is 10.1 Å². The van der Waals surface area contributed by atoms with Gasteiger partial charge in [0.25, 0.3) is 11.1 Å². The quantitative estimate of drug-likeness (QED) is 0.605. The standard InChI is InChI=1S/C18H14F3N3O3S/c1-26-14-8-3-2-7-13(14)16-23-24-17(27-16)28-10-15(25)22-12-6-4-5-11(9-12)18(19,20)21/h2-9H,10H2,1H3,(H,22,25). The van der Waals surface area contributed by atoms with E-state index < -0.39 is 17.6 Å². The number of carbonyl (C=O) groups is 1. The minimum atomic E-state index is -4.48. The second kappa shape index (κ2) is 8.34. The van der Waals surface area contributed by atoms with Gasteiger partial charge in [0.15, 0.2) is 0 Å². The number of nitrogens with one attached hydrogen (secondary N) is 1. The Labute approximate surface area is 162 Å². The number of methoxy groups -OCH3 is 1. The van der Waals surface area contributed by atoms with Crippen LogP contribution in [0.3, 0.4) is 0 Å². The highest BCUT2D eigenvalue weighted by molar-refractivity contribution is 7.99. The van der Waals surface area contributed by atoms with Crippen LogP contribution in [-0.4, -0.2) is 29.0 Å². The van der Waals surface area contributed by atoms with E-state index in [0.29, 0.717) is 11.3 Å². The molecule has 10 heteroatoms. The van der Waals surface area contributed by atoms with Gasteiger partial charge in [-0.05, 0) is 30.3 Å². The van der Waals surface area contributed by atoms with Crippen molar-refractivity contribution in [2.45, 2.75) is 11.4 Å². The number of nitrogens with zero attached hydrogens (tertiary/aromatic N) is 2. The Morgan fingerprint density at radius 1 is 1.18 bits per heavy atom. The Balaban J connectivity index is 1.61. The molecule has 0 aliphatic heterocycles. The number of carbonyl (C=O) groups excluding carboxylic acids is 1. The van der Waals surface area contributed by atoms with Crippen molar-refractivity contribution >= 4 is 23.4 Å². The average molecular weight is 409 g/mol. The predicted molar refractivity (Wildman–Crippen MR) is 97.1 cm³/mol. The number of benzene rings is 2. The highest BCUT2D eigenvalue weighted by Crippen LogP contribution is 2.31. The molecule has 0 spiro atoms. The van der Waals surface area contributed by atoms with Crippen molar-refractivity contribution < 1.29 is 27.1 Å². The molecule has 6 nitrogen and oxygen atoms in total. The SMILES string of the molecule is COc1ccccc1-c1nnc(SCC(=O)Nc2cccc(C(F)(F)F)c2)o1. The number of alkyl halides is 3. The fraction of sp³-hybridized carbons (Fsp3) is 0.167. The number of halogens is 3. The zero-order chi connectivity index (χ0) is 20.1. The molecule has 1 N–H and O–H groups in total. The lowest BCUT2D eigenvalue weighted by molar-refractivity contribution is -0.137. The lowest BCUT2D eigenvalue weighted by Crippen LogP contribution is -2.15. The molecule has 1 amide bonds. The molecular weight excluding hydrogens is 395 g/mol. The Morgan fingerprint density at radius 3 is 2.71 bits per heavy atom. The van der Waals surface area contributed by atoms with E-state index in [4.69, 9.17) is 9.15 Å². The topological polar surface area (TPSA) is 77.2 Å². The molecule has 146 valence electrons. The molecule has 0 fully saturated rings. The monoisotopic (exact) mass is 409 g/mol. The maximum atomic E-state index is 12.7. The molecule has 0 unspecified atom stereocenters. The van der Waals surface area contributed by atoms with Crippen LogP contribution in [0.5, 0.6) is 5.75 Å². The zero-order valence-electron chi connectivity index (χ0n) is 14.5. The zero-order valence-corrected chi connectivity index (χ0v) is 15.3. The summed E-state index contributed by atoms with van der Waals surface area (Å²) in [6.07, 6.45) is -4.48. The van der Waals surface area contributed by atoms with E-state index in [2.05, 4.69) is 15.5 Å². The van der Waals surface area contributed by atoms with Crippen LogP contribution in [0, 0.1) is 0 Å². The van der Waals surface area contributed by atoms with Crippen molar-refractivity contribution in [3.63, 3.8) is 0 Å². The van der Waals surface area contributed by atoms with E-state index in [9.17, 15) is 18.0 Å². The average Bonchev–Trinajstić information content (AvgIpc) is 3.15. The van der Waals surface area contributed by atoms with Crippen LogP contribution in [0.4, 0.5) is 18.9 Å². The normalized spacial score (nSPS) is 11.3. The number of rotatable bonds is 6. The van der Waals surface area contributed by atoms with E-state index >= 15 is 0 Å². The molecule has 3 rings (SSSR count). The molecule has 1 heterocycles. The number of aromatic nitrogens is 2. The van der Waals surface area contributed by atoms with E-state index in [0.717, 1.165) is 23.9 Å². The second-order valence-corrected chi connectivity index (χ2v) is 6.42. The maximum Gasteiger partial charge on any atom is 0.416 e. The third-order valence-corrected chi connectivity index (χ3v) is 4.36. The minimum absolute atomic E-state index is 0.0562.